The molecular weight excluding hydrogens is 371 g/mol. The summed E-state index contributed by atoms with van der Waals surface area (Å²) in [7, 11) is 0. The molecule has 2 aromatic carbocycles. The fraction of sp³-hybridized carbons (Fsp3) is 0.250. The average molecular weight is 386 g/mol. The molecule has 100 valence electrons. The zero-order chi connectivity index (χ0) is 13.8. The van der Waals surface area contributed by atoms with Crippen LogP contribution in [0, 0.1) is 5.82 Å². The van der Waals surface area contributed by atoms with Crippen LogP contribution in [0.25, 0.3) is 0 Å². The van der Waals surface area contributed by atoms with Crippen LogP contribution in [0.2, 0.25) is 0 Å². The summed E-state index contributed by atoms with van der Waals surface area (Å²) in [5, 5.41) is 0. The second-order valence-electron chi connectivity index (χ2n) is 4.52. The van der Waals surface area contributed by atoms with Crippen molar-refractivity contribution >= 4 is 31.9 Å². The van der Waals surface area contributed by atoms with Crippen molar-refractivity contribution in [2.24, 2.45) is 0 Å². The summed E-state index contributed by atoms with van der Waals surface area (Å²) < 4.78 is 14.7. The van der Waals surface area contributed by atoms with Crippen molar-refractivity contribution in [1.82, 2.24) is 0 Å². The molecule has 19 heavy (non-hydrogen) atoms. The summed E-state index contributed by atoms with van der Waals surface area (Å²) >= 11 is 6.96. The lowest BCUT2D eigenvalue weighted by Crippen LogP contribution is -1.97. The highest BCUT2D eigenvalue weighted by atomic mass is 79.9. The normalized spacial score (nSPS) is 12.4. The van der Waals surface area contributed by atoms with Crippen molar-refractivity contribution in [3.05, 3.63) is 69.4 Å². The highest BCUT2D eigenvalue weighted by Gasteiger charge is 2.15. The fourth-order valence-electron chi connectivity index (χ4n) is 2.03. The number of rotatable bonds is 4. The van der Waals surface area contributed by atoms with Gasteiger partial charge in [-0.3, -0.25) is 0 Å². The Morgan fingerprint density at radius 1 is 1.11 bits per heavy atom. The van der Waals surface area contributed by atoms with E-state index in [0.29, 0.717) is 5.56 Å². The molecule has 0 bridgehead atoms. The second kappa shape index (κ2) is 6.67. The molecule has 0 nitrogen and oxygen atoms in total. The SMILES string of the molecule is CCCc1ccc(C(Br)c2cc(Br)ccc2F)cc1. The first-order chi connectivity index (χ1) is 9.11. The van der Waals surface area contributed by atoms with Gasteiger partial charge in [0.15, 0.2) is 0 Å². The number of hydrogen-bond acceptors (Lipinski definition) is 0. The molecule has 0 aliphatic heterocycles. The number of hydrogen-bond donors (Lipinski definition) is 0. The van der Waals surface area contributed by atoms with Crippen molar-refractivity contribution in [2.45, 2.75) is 24.6 Å². The highest BCUT2D eigenvalue weighted by molar-refractivity contribution is 9.10. The van der Waals surface area contributed by atoms with Gasteiger partial charge >= 0.3 is 0 Å². The molecule has 0 radical (unpaired) electrons. The Morgan fingerprint density at radius 3 is 2.42 bits per heavy atom. The van der Waals surface area contributed by atoms with Gasteiger partial charge in [-0.25, -0.2) is 4.39 Å². The Bertz CT molecular complexity index is 549. The minimum atomic E-state index is -0.192. The summed E-state index contributed by atoms with van der Waals surface area (Å²) in [6.07, 6.45) is 2.22. The Labute approximate surface area is 130 Å². The maximum Gasteiger partial charge on any atom is 0.127 e. The zero-order valence-corrected chi connectivity index (χ0v) is 13.8. The van der Waals surface area contributed by atoms with E-state index < -0.39 is 0 Å². The van der Waals surface area contributed by atoms with Crippen LogP contribution in [0.1, 0.15) is 34.9 Å². The summed E-state index contributed by atoms with van der Waals surface area (Å²) in [4.78, 5) is -0.124. The molecule has 0 aliphatic rings. The molecule has 0 fully saturated rings. The zero-order valence-electron chi connectivity index (χ0n) is 10.7. The van der Waals surface area contributed by atoms with Gasteiger partial charge in [-0.15, -0.1) is 0 Å². The minimum absolute atomic E-state index is 0.124. The van der Waals surface area contributed by atoms with Crippen LogP contribution in [0.4, 0.5) is 4.39 Å². The van der Waals surface area contributed by atoms with Crippen LogP contribution < -0.4 is 0 Å². The first-order valence-electron chi connectivity index (χ1n) is 6.29. The van der Waals surface area contributed by atoms with Gasteiger partial charge in [0, 0.05) is 10.0 Å². The number of halogens is 3. The van der Waals surface area contributed by atoms with E-state index in [2.05, 4.69) is 63.0 Å². The molecule has 0 aromatic heterocycles. The van der Waals surface area contributed by atoms with E-state index in [1.54, 1.807) is 6.07 Å². The largest absolute Gasteiger partial charge is 0.207 e. The molecule has 0 aliphatic carbocycles. The third-order valence-electron chi connectivity index (χ3n) is 3.04. The molecule has 2 aromatic rings. The van der Waals surface area contributed by atoms with E-state index in [0.717, 1.165) is 22.9 Å². The number of aryl methyl sites for hydroxylation is 1. The monoisotopic (exact) mass is 384 g/mol. The Hall–Kier alpha value is -0.670. The average Bonchev–Trinajstić information content (AvgIpc) is 2.42. The molecule has 0 saturated carbocycles. The van der Waals surface area contributed by atoms with Crippen molar-refractivity contribution < 1.29 is 4.39 Å². The fourth-order valence-corrected chi connectivity index (χ4v) is 3.07. The van der Waals surface area contributed by atoms with Crippen LogP contribution >= 0.6 is 31.9 Å². The van der Waals surface area contributed by atoms with Crippen molar-refractivity contribution in [3.8, 4) is 0 Å². The quantitative estimate of drug-likeness (QED) is 0.564. The Balaban J connectivity index is 2.27. The van der Waals surface area contributed by atoms with Gasteiger partial charge < -0.3 is 0 Å². The predicted molar refractivity (Wildman–Crippen MR) is 85.3 cm³/mol. The predicted octanol–water partition coefficient (Wildman–Crippen LogP) is 6.03. The van der Waals surface area contributed by atoms with Gasteiger partial charge in [-0.05, 0) is 35.7 Å². The molecule has 0 saturated heterocycles. The van der Waals surface area contributed by atoms with Gasteiger partial charge in [0.2, 0.25) is 0 Å². The second-order valence-corrected chi connectivity index (χ2v) is 6.35. The minimum Gasteiger partial charge on any atom is -0.207 e. The number of benzene rings is 2. The molecule has 0 N–H and O–H groups in total. The van der Waals surface area contributed by atoms with Gasteiger partial charge in [0.1, 0.15) is 5.82 Å². The third kappa shape index (κ3) is 3.67. The van der Waals surface area contributed by atoms with Crippen LogP contribution in [-0.2, 0) is 6.42 Å². The van der Waals surface area contributed by atoms with Crippen molar-refractivity contribution in [1.29, 1.82) is 0 Å². The molecular formula is C16H15Br2F. The molecule has 0 amide bonds. The Kier molecular flexibility index (Phi) is 5.17. The maximum atomic E-state index is 13.9. The van der Waals surface area contributed by atoms with Gasteiger partial charge in [0.25, 0.3) is 0 Å². The topological polar surface area (TPSA) is 0 Å². The van der Waals surface area contributed by atoms with E-state index in [1.807, 2.05) is 6.07 Å². The summed E-state index contributed by atoms with van der Waals surface area (Å²) in [5.41, 5.74) is 3.04. The molecule has 3 heteroatoms. The lowest BCUT2D eigenvalue weighted by Gasteiger charge is -2.13. The lowest BCUT2D eigenvalue weighted by molar-refractivity contribution is 0.613. The summed E-state index contributed by atoms with van der Waals surface area (Å²) in [6.45, 7) is 2.16. The van der Waals surface area contributed by atoms with Crippen molar-refractivity contribution in [3.63, 3.8) is 0 Å². The lowest BCUT2D eigenvalue weighted by atomic mass is 10.0. The molecule has 1 atom stereocenters. The van der Waals surface area contributed by atoms with Crippen LogP contribution in [0.15, 0.2) is 46.9 Å². The first-order valence-corrected chi connectivity index (χ1v) is 8.00. The smallest absolute Gasteiger partial charge is 0.127 e. The van der Waals surface area contributed by atoms with Crippen LogP contribution in [0.3, 0.4) is 0 Å². The van der Waals surface area contributed by atoms with E-state index >= 15 is 0 Å². The maximum absolute atomic E-state index is 13.9. The first kappa shape index (κ1) is 14.7. The van der Waals surface area contributed by atoms with Gasteiger partial charge in [-0.1, -0.05) is 69.5 Å². The molecule has 0 heterocycles. The number of alkyl halides is 1. The summed E-state index contributed by atoms with van der Waals surface area (Å²) in [5.74, 6) is -0.192. The molecule has 2 rings (SSSR count). The van der Waals surface area contributed by atoms with E-state index in [1.165, 1.54) is 11.6 Å². The van der Waals surface area contributed by atoms with Crippen LogP contribution in [-0.4, -0.2) is 0 Å². The summed E-state index contributed by atoms with van der Waals surface area (Å²) in [6, 6.07) is 13.4. The van der Waals surface area contributed by atoms with E-state index in [4.69, 9.17) is 0 Å². The van der Waals surface area contributed by atoms with Gasteiger partial charge in [-0.2, -0.15) is 0 Å². The third-order valence-corrected chi connectivity index (χ3v) is 4.56. The van der Waals surface area contributed by atoms with Gasteiger partial charge in [0.05, 0.1) is 4.83 Å². The molecule has 1 unspecified atom stereocenters. The van der Waals surface area contributed by atoms with E-state index in [9.17, 15) is 4.39 Å². The Morgan fingerprint density at radius 2 is 1.79 bits per heavy atom. The molecule has 0 spiro atoms. The van der Waals surface area contributed by atoms with E-state index in [-0.39, 0.29) is 10.6 Å². The standard InChI is InChI=1S/C16H15Br2F/c1-2-3-11-4-6-12(7-5-11)16(18)14-10-13(17)8-9-15(14)19/h4-10,16H,2-3H2,1H3. The highest BCUT2D eigenvalue weighted by Crippen LogP contribution is 2.34. The van der Waals surface area contributed by atoms with Crippen molar-refractivity contribution in [2.75, 3.05) is 0 Å². The van der Waals surface area contributed by atoms with Crippen LogP contribution in [0.5, 0.6) is 0 Å².